The minimum absolute atomic E-state index is 0.00546. The van der Waals surface area contributed by atoms with Crippen LogP contribution in [0.15, 0.2) is 42.5 Å². The van der Waals surface area contributed by atoms with Gasteiger partial charge < -0.3 is 4.74 Å². The molecule has 0 heterocycles. The van der Waals surface area contributed by atoms with Crippen LogP contribution in [-0.4, -0.2) is 18.7 Å². The third kappa shape index (κ3) is 1.44. The monoisotopic (exact) mass is 240 g/mol. The molecular weight excluding hydrogens is 228 g/mol. The van der Waals surface area contributed by atoms with Crippen molar-refractivity contribution in [1.29, 1.82) is 0 Å². The van der Waals surface area contributed by atoms with Crippen LogP contribution >= 0.6 is 0 Å². The molecule has 0 bridgehead atoms. The van der Waals surface area contributed by atoms with Crippen molar-refractivity contribution in [3.05, 3.63) is 53.6 Å². The molecule has 2 atom stereocenters. The molecule has 0 unspecified atom stereocenters. The van der Waals surface area contributed by atoms with Crippen molar-refractivity contribution >= 4 is 11.6 Å². The van der Waals surface area contributed by atoms with Crippen LogP contribution in [0.3, 0.4) is 0 Å². The maximum Gasteiger partial charge on any atom is 0.171 e. The van der Waals surface area contributed by atoms with Gasteiger partial charge in [0.2, 0.25) is 0 Å². The van der Waals surface area contributed by atoms with E-state index in [0.717, 1.165) is 0 Å². The van der Waals surface area contributed by atoms with Crippen LogP contribution in [0.25, 0.3) is 0 Å². The Bertz CT molecular complexity index is 596. The zero-order chi connectivity index (χ0) is 12.7. The number of fused-ring (bicyclic) bond motifs is 2. The summed E-state index contributed by atoms with van der Waals surface area (Å²) in [6, 6.07) is 5.04. The number of carbonyl (C=O) groups is 2. The summed E-state index contributed by atoms with van der Waals surface area (Å²) in [7, 11) is 1.54. The van der Waals surface area contributed by atoms with Crippen LogP contribution < -0.4 is 4.74 Å². The van der Waals surface area contributed by atoms with Gasteiger partial charge >= 0.3 is 0 Å². The number of hydrogen-bond donors (Lipinski definition) is 0. The highest BCUT2D eigenvalue weighted by Gasteiger charge is 2.39. The number of hydrogen-bond acceptors (Lipinski definition) is 3. The molecule has 3 rings (SSSR count). The van der Waals surface area contributed by atoms with Gasteiger partial charge in [-0.1, -0.05) is 24.3 Å². The van der Waals surface area contributed by atoms with Crippen LogP contribution in [0.2, 0.25) is 0 Å². The number of benzene rings is 1. The number of ketones is 2. The van der Waals surface area contributed by atoms with Crippen LogP contribution in [0.4, 0.5) is 0 Å². The highest BCUT2D eigenvalue weighted by atomic mass is 16.5. The van der Waals surface area contributed by atoms with E-state index in [-0.39, 0.29) is 23.4 Å². The topological polar surface area (TPSA) is 43.4 Å². The zero-order valence-electron chi connectivity index (χ0n) is 9.92. The lowest BCUT2D eigenvalue weighted by molar-refractivity contribution is 0.0801. The maximum absolute atomic E-state index is 12.4. The zero-order valence-corrected chi connectivity index (χ0v) is 9.92. The predicted octanol–water partition coefficient (Wildman–Crippen LogP) is 2.43. The van der Waals surface area contributed by atoms with E-state index in [1.54, 1.807) is 37.5 Å². The number of allylic oxidation sites excluding steroid dienone is 4. The molecule has 0 fully saturated rings. The fraction of sp³-hybridized carbons (Fsp3) is 0.200. The van der Waals surface area contributed by atoms with Crippen molar-refractivity contribution in [3.8, 4) is 5.75 Å². The van der Waals surface area contributed by atoms with E-state index in [1.165, 1.54) is 0 Å². The fourth-order valence-corrected chi connectivity index (χ4v) is 2.54. The van der Waals surface area contributed by atoms with Crippen molar-refractivity contribution in [1.82, 2.24) is 0 Å². The predicted molar refractivity (Wildman–Crippen MR) is 66.9 cm³/mol. The molecule has 2 aliphatic rings. The smallest absolute Gasteiger partial charge is 0.171 e. The quantitative estimate of drug-likeness (QED) is 0.757. The normalized spacial score (nSPS) is 24.7. The Morgan fingerprint density at radius 1 is 0.944 bits per heavy atom. The molecule has 0 N–H and O–H groups in total. The molecule has 0 aliphatic heterocycles. The van der Waals surface area contributed by atoms with Gasteiger partial charge in [-0.3, -0.25) is 9.59 Å². The Hall–Kier alpha value is -2.16. The largest absolute Gasteiger partial charge is 0.497 e. The van der Waals surface area contributed by atoms with Gasteiger partial charge in [0.15, 0.2) is 11.6 Å². The molecule has 0 spiro atoms. The van der Waals surface area contributed by atoms with Gasteiger partial charge in [-0.25, -0.2) is 0 Å². The Morgan fingerprint density at radius 3 is 2.17 bits per heavy atom. The van der Waals surface area contributed by atoms with Crippen LogP contribution in [0.5, 0.6) is 5.75 Å². The average molecular weight is 240 g/mol. The number of ether oxygens (including phenoxy) is 1. The third-order valence-corrected chi connectivity index (χ3v) is 3.50. The van der Waals surface area contributed by atoms with Gasteiger partial charge in [-0.15, -0.1) is 0 Å². The fourth-order valence-electron chi connectivity index (χ4n) is 2.54. The molecule has 1 aromatic carbocycles. The first-order valence-corrected chi connectivity index (χ1v) is 5.84. The van der Waals surface area contributed by atoms with Gasteiger partial charge in [-0.2, -0.15) is 0 Å². The Kier molecular flexibility index (Phi) is 2.40. The highest BCUT2D eigenvalue weighted by Crippen LogP contribution is 2.35. The van der Waals surface area contributed by atoms with Crippen molar-refractivity contribution in [2.45, 2.75) is 0 Å². The van der Waals surface area contributed by atoms with Gasteiger partial charge in [-0.05, 0) is 18.2 Å². The maximum atomic E-state index is 12.4. The molecule has 0 saturated heterocycles. The minimum Gasteiger partial charge on any atom is -0.497 e. The highest BCUT2D eigenvalue weighted by molar-refractivity contribution is 6.17. The Balaban J connectivity index is 2.17. The molecule has 0 amide bonds. The summed E-state index contributed by atoms with van der Waals surface area (Å²) in [6.07, 6.45) is 7.24. The Labute approximate surface area is 105 Å². The molecule has 0 saturated carbocycles. The first-order valence-electron chi connectivity index (χ1n) is 5.84. The van der Waals surface area contributed by atoms with Gasteiger partial charge in [0.05, 0.1) is 18.9 Å². The van der Waals surface area contributed by atoms with Gasteiger partial charge in [0, 0.05) is 11.1 Å². The second kappa shape index (κ2) is 3.95. The molecule has 18 heavy (non-hydrogen) atoms. The molecule has 0 aromatic heterocycles. The molecular formula is C15H12O3. The summed E-state index contributed by atoms with van der Waals surface area (Å²) in [6.45, 7) is 0. The number of rotatable bonds is 1. The van der Waals surface area contributed by atoms with E-state index in [2.05, 4.69) is 0 Å². The van der Waals surface area contributed by atoms with Crippen LogP contribution in [0.1, 0.15) is 20.7 Å². The number of carbonyl (C=O) groups excluding carboxylic acids is 2. The molecule has 3 nitrogen and oxygen atoms in total. The lowest BCUT2D eigenvalue weighted by atomic mass is 9.72. The average Bonchev–Trinajstić information content (AvgIpc) is 2.44. The summed E-state index contributed by atoms with van der Waals surface area (Å²) >= 11 is 0. The second-order valence-electron chi connectivity index (χ2n) is 4.46. The van der Waals surface area contributed by atoms with E-state index in [0.29, 0.717) is 16.9 Å². The number of Topliss-reactive ketones (excluding diaryl/α,β-unsaturated/α-hetero) is 2. The first-order chi connectivity index (χ1) is 8.72. The SMILES string of the molecule is COc1ccc2c(c1)C(=O)[C@H]1C=CC=C[C@@H]1C2=O. The summed E-state index contributed by atoms with van der Waals surface area (Å²) in [5.41, 5.74) is 0.975. The van der Waals surface area contributed by atoms with E-state index >= 15 is 0 Å². The van der Waals surface area contributed by atoms with Crippen molar-refractivity contribution in [3.63, 3.8) is 0 Å². The third-order valence-electron chi connectivity index (χ3n) is 3.50. The van der Waals surface area contributed by atoms with Crippen molar-refractivity contribution in [2.24, 2.45) is 11.8 Å². The lowest BCUT2D eigenvalue weighted by Gasteiger charge is -2.28. The summed E-state index contributed by atoms with van der Waals surface area (Å²) in [4.78, 5) is 24.7. The van der Waals surface area contributed by atoms with Gasteiger partial charge in [0.1, 0.15) is 5.75 Å². The van der Waals surface area contributed by atoms with Crippen LogP contribution in [-0.2, 0) is 0 Å². The second-order valence-corrected chi connectivity index (χ2v) is 4.46. The molecule has 3 heteroatoms. The molecule has 90 valence electrons. The lowest BCUT2D eigenvalue weighted by Crippen LogP contribution is -2.35. The molecule has 1 aromatic rings. The van der Waals surface area contributed by atoms with Gasteiger partial charge in [0.25, 0.3) is 0 Å². The van der Waals surface area contributed by atoms with E-state index in [4.69, 9.17) is 4.74 Å². The van der Waals surface area contributed by atoms with Crippen molar-refractivity contribution < 1.29 is 14.3 Å². The summed E-state index contributed by atoms with van der Waals surface area (Å²) in [5.74, 6) is -0.0962. The van der Waals surface area contributed by atoms with E-state index in [1.807, 2.05) is 12.2 Å². The summed E-state index contributed by atoms with van der Waals surface area (Å²) in [5, 5.41) is 0. The standard InChI is InChI=1S/C15H12O3/c1-18-9-6-7-12-13(8-9)15(17)11-5-3-2-4-10(11)14(12)16/h2-8,10-11H,1H3/t10-,11-/m0/s1. The van der Waals surface area contributed by atoms with Crippen molar-refractivity contribution in [2.75, 3.05) is 7.11 Å². The summed E-state index contributed by atoms with van der Waals surface area (Å²) < 4.78 is 5.10. The molecule has 0 radical (unpaired) electrons. The number of methoxy groups -OCH3 is 1. The van der Waals surface area contributed by atoms with Crippen LogP contribution in [0, 0.1) is 11.8 Å². The van der Waals surface area contributed by atoms with E-state index < -0.39 is 0 Å². The Morgan fingerprint density at radius 2 is 1.56 bits per heavy atom. The molecule has 2 aliphatic carbocycles. The van der Waals surface area contributed by atoms with E-state index in [9.17, 15) is 9.59 Å². The minimum atomic E-state index is -0.359. The first kappa shape index (κ1) is 11.0.